The molecule has 3 nitrogen and oxygen atoms in total. The van der Waals surface area contributed by atoms with Gasteiger partial charge in [0.1, 0.15) is 6.07 Å². The minimum Gasteiger partial charge on any atom is -0.399 e. The summed E-state index contributed by atoms with van der Waals surface area (Å²) in [7, 11) is -0.447. The second kappa shape index (κ2) is 4.38. The van der Waals surface area contributed by atoms with E-state index in [2.05, 4.69) is 22.0 Å². The first-order valence-electron chi connectivity index (χ1n) is 5.82. The molecule has 1 aliphatic heterocycles. The van der Waals surface area contributed by atoms with Gasteiger partial charge in [-0.1, -0.05) is 12.1 Å². The first-order chi connectivity index (χ1) is 8.28. The van der Waals surface area contributed by atoms with Crippen molar-refractivity contribution >= 4 is 28.5 Å². The van der Waals surface area contributed by atoms with Crippen LogP contribution in [0.1, 0.15) is 33.3 Å². The molecular formula is C13H15BBrNO2. The highest BCUT2D eigenvalue weighted by Gasteiger charge is 2.52. The van der Waals surface area contributed by atoms with Crippen LogP contribution in [0.4, 0.5) is 0 Å². The monoisotopic (exact) mass is 307 g/mol. The number of nitriles is 1. The Bertz CT molecular complexity index is 506. The van der Waals surface area contributed by atoms with Crippen LogP contribution in [-0.4, -0.2) is 18.3 Å². The van der Waals surface area contributed by atoms with E-state index < -0.39 is 7.12 Å². The molecule has 0 atom stereocenters. The summed E-state index contributed by atoms with van der Waals surface area (Å²) >= 11 is 3.44. The SMILES string of the molecule is CC1(C)OB(c2cccc(C#N)c2Br)OC1(C)C. The third-order valence-electron chi connectivity index (χ3n) is 3.66. The lowest BCUT2D eigenvalue weighted by molar-refractivity contribution is 0.00578. The van der Waals surface area contributed by atoms with Crippen molar-refractivity contribution in [2.24, 2.45) is 0 Å². The maximum absolute atomic E-state index is 9.03. The molecule has 1 heterocycles. The summed E-state index contributed by atoms with van der Waals surface area (Å²) in [5.41, 5.74) is 0.689. The van der Waals surface area contributed by atoms with E-state index in [1.807, 2.05) is 39.8 Å². The van der Waals surface area contributed by atoms with Crippen LogP contribution in [0.25, 0.3) is 0 Å². The standard InChI is InChI=1S/C13H15BBrNO2/c1-12(2)13(3,4)18-14(17-12)10-7-5-6-9(8-16)11(10)15/h5-7H,1-4H3. The van der Waals surface area contributed by atoms with E-state index in [-0.39, 0.29) is 11.2 Å². The highest BCUT2D eigenvalue weighted by atomic mass is 79.9. The summed E-state index contributed by atoms with van der Waals surface area (Å²) < 4.78 is 12.7. The molecule has 0 aliphatic carbocycles. The Kier molecular flexibility index (Phi) is 3.31. The molecule has 0 aromatic heterocycles. The van der Waals surface area contributed by atoms with E-state index in [9.17, 15) is 0 Å². The van der Waals surface area contributed by atoms with Gasteiger partial charge in [-0.25, -0.2) is 0 Å². The van der Waals surface area contributed by atoms with Gasteiger partial charge >= 0.3 is 7.12 Å². The molecule has 0 N–H and O–H groups in total. The van der Waals surface area contributed by atoms with Gasteiger partial charge in [0, 0.05) is 4.47 Å². The Morgan fingerprint density at radius 1 is 1.17 bits per heavy atom. The fraction of sp³-hybridized carbons (Fsp3) is 0.462. The highest BCUT2D eigenvalue weighted by Crippen LogP contribution is 2.37. The molecular weight excluding hydrogens is 293 g/mol. The second-order valence-corrected chi connectivity index (χ2v) is 6.20. The second-order valence-electron chi connectivity index (χ2n) is 5.41. The van der Waals surface area contributed by atoms with Gasteiger partial charge in [-0.05, 0) is 55.2 Å². The van der Waals surface area contributed by atoms with Gasteiger partial charge in [0.2, 0.25) is 0 Å². The number of benzene rings is 1. The van der Waals surface area contributed by atoms with Gasteiger partial charge in [-0.2, -0.15) is 5.26 Å². The molecule has 1 saturated heterocycles. The molecule has 0 bridgehead atoms. The number of hydrogen-bond donors (Lipinski definition) is 0. The van der Waals surface area contributed by atoms with Crippen molar-refractivity contribution in [2.75, 3.05) is 0 Å². The summed E-state index contributed by atoms with van der Waals surface area (Å²) in [5.74, 6) is 0. The van der Waals surface area contributed by atoms with E-state index in [1.54, 1.807) is 6.07 Å². The molecule has 18 heavy (non-hydrogen) atoms. The van der Waals surface area contributed by atoms with Gasteiger partial charge in [0.05, 0.1) is 16.8 Å². The summed E-state index contributed by atoms with van der Waals surface area (Å²) in [6.07, 6.45) is 0. The molecule has 0 spiro atoms. The van der Waals surface area contributed by atoms with Crippen molar-refractivity contribution in [3.05, 3.63) is 28.2 Å². The molecule has 0 unspecified atom stereocenters. The normalized spacial score (nSPS) is 20.8. The first-order valence-corrected chi connectivity index (χ1v) is 6.62. The van der Waals surface area contributed by atoms with Crippen molar-refractivity contribution in [2.45, 2.75) is 38.9 Å². The lowest BCUT2D eigenvalue weighted by Gasteiger charge is -2.32. The van der Waals surface area contributed by atoms with E-state index >= 15 is 0 Å². The summed E-state index contributed by atoms with van der Waals surface area (Å²) in [6.45, 7) is 8.04. The summed E-state index contributed by atoms with van der Waals surface area (Å²) in [5, 5.41) is 9.03. The lowest BCUT2D eigenvalue weighted by Crippen LogP contribution is -2.41. The van der Waals surface area contributed by atoms with E-state index in [1.165, 1.54) is 0 Å². The largest absolute Gasteiger partial charge is 0.496 e. The quantitative estimate of drug-likeness (QED) is 0.749. The van der Waals surface area contributed by atoms with Crippen LogP contribution in [-0.2, 0) is 9.31 Å². The maximum atomic E-state index is 9.03. The fourth-order valence-electron chi connectivity index (χ4n) is 1.79. The zero-order valence-corrected chi connectivity index (χ0v) is 12.5. The smallest absolute Gasteiger partial charge is 0.399 e. The predicted molar refractivity (Wildman–Crippen MR) is 74.6 cm³/mol. The minimum absolute atomic E-state index is 0.375. The zero-order chi connectivity index (χ0) is 13.6. The summed E-state index contributed by atoms with van der Waals surface area (Å²) in [4.78, 5) is 0. The van der Waals surface area contributed by atoms with Crippen LogP contribution in [0.15, 0.2) is 22.7 Å². The summed E-state index contributed by atoms with van der Waals surface area (Å²) in [6, 6.07) is 7.65. The van der Waals surface area contributed by atoms with E-state index in [0.717, 1.165) is 9.94 Å². The first kappa shape index (κ1) is 13.6. The van der Waals surface area contributed by atoms with Crippen molar-refractivity contribution in [1.29, 1.82) is 5.26 Å². The van der Waals surface area contributed by atoms with Crippen LogP contribution in [0.3, 0.4) is 0 Å². The molecule has 94 valence electrons. The molecule has 5 heteroatoms. The van der Waals surface area contributed by atoms with Crippen LogP contribution in [0.5, 0.6) is 0 Å². The molecule has 1 aliphatic rings. The molecule has 0 radical (unpaired) electrons. The Labute approximate surface area is 116 Å². The minimum atomic E-state index is -0.447. The van der Waals surface area contributed by atoms with Gasteiger partial charge in [-0.3, -0.25) is 0 Å². The van der Waals surface area contributed by atoms with Crippen LogP contribution < -0.4 is 5.46 Å². The Balaban J connectivity index is 2.39. The van der Waals surface area contributed by atoms with Crippen LogP contribution in [0.2, 0.25) is 0 Å². The Morgan fingerprint density at radius 3 is 2.22 bits per heavy atom. The van der Waals surface area contributed by atoms with Gasteiger partial charge in [0.15, 0.2) is 0 Å². The van der Waals surface area contributed by atoms with Crippen LogP contribution in [0, 0.1) is 11.3 Å². The predicted octanol–water partition coefficient (Wildman–Crippen LogP) is 2.62. The third-order valence-corrected chi connectivity index (χ3v) is 4.54. The van der Waals surface area contributed by atoms with Gasteiger partial charge in [-0.15, -0.1) is 0 Å². The number of hydrogen-bond acceptors (Lipinski definition) is 3. The molecule has 1 aromatic carbocycles. The lowest BCUT2D eigenvalue weighted by atomic mass is 9.78. The van der Waals surface area contributed by atoms with Crippen molar-refractivity contribution < 1.29 is 9.31 Å². The zero-order valence-electron chi connectivity index (χ0n) is 11.0. The third kappa shape index (κ3) is 2.09. The van der Waals surface area contributed by atoms with E-state index in [0.29, 0.717) is 5.56 Å². The molecule has 0 amide bonds. The number of halogens is 1. The Morgan fingerprint density at radius 2 is 1.72 bits per heavy atom. The maximum Gasteiger partial charge on any atom is 0.496 e. The van der Waals surface area contributed by atoms with Crippen molar-refractivity contribution in [1.82, 2.24) is 0 Å². The molecule has 1 aromatic rings. The average Bonchev–Trinajstić information content (AvgIpc) is 2.48. The number of rotatable bonds is 1. The molecule has 2 rings (SSSR count). The van der Waals surface area contributed by atoms with Crippen molar-refractivity contribution in [3.63, 3.8) is 0 Å². The molecule has 0 saturated carbocycles. The van der Waals surface area contributed by atoms with Gasteiger partial charge < -0.3 is 9.31 Å². The Hall–Kier alpha value is -0.825. The van der Waals surface area contributed by atoms with Crippen LogP contribution >= 0.6 is 15.9 Å². The number of nitrogens with zero attached hydrogens (tertiary/aromatic N) is 1. The highest BCUT2D eigenvalue weighted by molar-refractivity contribution is 9.10. The topological polar surface area (TPSA) is 42.2 Å². The van der Waals surface area contributed by atoms with Crippen molar-refractivity contribution in [3.8, 4) is 6.07 Å². The molecule has 1 fully saturated rings. The van der Waals surface area contributed by atoms with Gasteiger partial charge in [0.25, 0.3) is 0 Å². The average molecular weight is 308 g/mol. The fourth-order valence-corrected chi connectivity index (χ4v) is 2.33. The van der Waals surface area contributed by atoms with E-state index in [4.69, 9.17) is 14.6 Å².